The summed E-state index contributed by atoms with van der Waals surface area (Å²) in [5.41, 5.74) is 2.69. The lowest BCUT2D eigenvalue weighted by Crippen LogP contribution is -2.43. The van der Waals surface area contributed by atoms with Crippen LogP contribution in [0.3, 0.4) is 0 Å². The summed E-state index contributed by atoms with van der Waals surface area (Å²) in [6.07, 6.45) is 1.95. The number of rotatable bonds is 9. The number of aryl methyl sites for hydroxylation is 1. The molecule has 1 fully saturated rings. The number of halogens is 1. The summed E-state index contributed by atoms with van der Waals surface area (Å²) in [6, 6.07) is 8.46. The van der Waals surface area contributed by atoms with Crippen molar-refractivity contribution in [2.24, 2.45) is 4.99 Å². The van der Waals surface area contributed by atoms with Gasteiger partial charge in [0.25, 0.3) is 0 Å². The summed E-state index contributed by atoms with van der Waals surface area (Å²) in [4.78, 5) is 28.9. The van der Waals surface area contributed by atoms with Gasteiger partial charge in [0.1, 0.15) is 0 Å². The van der Waals surface area contributed by atoms with Gasteiger partial charge in [0.2, 0.25) is 5.91 Å². The predicted octanol–water partition coefficient (Wildman–Crippen LogP) is 2.47. The van der Waals surface area contributed by atoms with Gasteiger partial charge in [-0.25, -0.2) is 4.79 Å². The monoisotopic (exact) mass is 501 g/mol. The van der Waals surface area contributed by atoms with Crippen molar-refractivity contribution in [1.82, 2.24) is 20.9 Å². The van der Waals surface area contributed by atoms with Gasteiger partial charge in [-0.1, -0.05) is 38.1 Å². The van der Waals surface area contributed by atoms with Crippen molar-refractivity contribution in [3.63, 3.8) is 0 Å². The van der Waals surface area contributed by atoms with Crippen LogP contribution in [0, 0.1) is 0 Å². The van der Waals surface area contributed by atoms with Gasteiger partial charge >= 0.3 is 6.03 Å². The third kappa shape index (κ3) is 7.65. The summed E-state index contributed by atoms with van der Waals surface area (Å²) in [5.74, 6) is 1.08. The first-order valence-electron chi connectivity index (χ1n) is 9.70. The van der Waals surface area contributed by atoms with Gasteiger partial charge in [-0.3, -0.25) is 14.7 Å². The number of hydrogen-bond donors (Lipinski definition) is 3. The van der Waals surface area contributed by atoms with Gasteiger partial charge in [0, 0.05) is 26.2 Å². The minimum absolute atomic E-state index is 0. The Bertz CT molecular complexity index is 645. The number of amides is 3. The van der Waals surface area contributed by atoms with Crippen LogP contribution in [0.1, 0.15) is 44.2 Å². The molecule has 0 saturated carbocycles. The van der Waals surface area contributed by atoms with Gasteiger partial charge < -0.3 is 16.0 Å². The molecule has 0 bridgehead atoms. The summed E-state index contributed by atoms with van der Waals surface area (Å²) in [7, 11) is 0. The maximum Gasteiger partial charge on any atom is 0.324 e. The molecule has 1 aliphatic rings. The van der Waals surface area contributed by atoms with E-state index in [-0.39, 0.29) is 42.5 Å². The van der Waals surface area contributed by atoms with Crippen molar-refractivity contribution < 1.29 is 9.59 Å². The fourth-order valence-corrected chi connectivity index (χ4v) is 2.85. The van der Waals surface area contributed by atoms with Crippen LogP contribution in [-0.4, -0.2) is 55.5 Å². The zero-order valence-corrected chi connectivity index (χ0v) is 19.3. The Balaban J connectivity index is 0.00000392. The van der Waals surface area contributed by atoms with E-state index in [4.69, 9.17) is 0 Å². The average molecular weight is 501 g/mol. The van der Waals surface area contributed by atoms with Gasteiger partial charge in [-0.2, -0.15) is 0 Å². The van der Waals surface area contributed by atoms with Crippen molar-refractivity contribution >= 4 is 41.9 Å². The van der Waals surface area contributed by atoms with Crippen LogP contribution in [0.25, 0.3) is 0 Å². The van der Waals surface area contributed by atoms with Crippen LogP contribution >= 0.6 is 24.0 Å². The van der Waals surface area contributed by atoms with Gasteiger partial charge in [-0.05, 0) is 36.8 Å². The molecule has 0 spiro atoms. The van der Waals surface area contributed by atoms with E-state index in [0.717, 1.165) is 19.4 Å². The topological polar surface area (TPSA) is 85.8 Å². The fraction of sp³-hybridized carbons (Fsp3) is 0.550. The van der Waals surface area contributed by atoms with E-state index < -0.39 is 0 Å². The molecular formula is C20H32IN5O2. The van der Waals surface area contributed by atoms with Crippen molar-refractivity contribution in [3.8, 4) is 0 Å². The van der Waals surface area contributed by atoms with Crippen LogP contribution < -0.4 is 16.0 Å². The van der Waals surface area contributed by atoms with Crippen LogP contribution in [0.4, 0.5) is 4.79 Å². The standard InChI is InChI=1S/C20H31N5O2.HI/c1-4-21-19(23-12-13-25-18(26)14-24-20(25)27)22-11-5-6-16-7-9-17(10-8-16)15(2)3;/h7-10,15H,4-6,11-14H2,1-3H3,(H,24,27)(H2,21,22,23);1H. The SMILES string of the molecule is CCNC(=NCCCc1ccc(C(C)C)cc1)NCCN1C(=O)CNC1=O.I. The number of guanidine groups is 1. The minimum atomic E-state index is -0.327. The summed E-state index contributed by atoms with van der Waals surface area (Å²) in [6.45, 7) is 8.76. The zero-order chi connectivity index (χ0) is 19.6. The summed E-state index contributed by atoms with van der Waals surface area (Å²) < 4.78 is 0. The molecule has 1 aromatic rings. The van der Waals surface area contributed by atoms with E-state index in [1.54, 1.807) is 0 Å². The molecule has 1 saturated heterocycles. The van der Waals surface area contributed by atoms with Gasteiger partial charge in [-0.15, -0.1) is 24.0 Å². The average Bonchev–Trinajstić information content (AvgIpc) is 2.97. The number of carbonyl (C=O) groups excluding carboxylic acids is 2. The van der Waals surface area contributed by atoms with E-state index in [0.29, 0.717) is 31.5 Å². The van der Waals surface area contributed by atoms with Crippen LogP contribution in [0.15, 0.2) is 29.3 Å². The molecule has 3 amide bonds. The first kappa shape index (κ1) is 24.2. The molecular weight excluding hydrogens is 469 g/mol. The Hall–Kier alpha value is -1.84. The Labute approximate surface area is 184 Å². The smallest absolute Gasteiger partial charge is 0.324 e. The third-order valence-corrected chi connectivity index (χ3v) is 4.45. The lowest BCUT2D eigenvalue weighted by atomic mass is 10.0. The molecule has 2 rings (SSSR count). The van der Waals surface area contributed by atoms with Crippen LogP contribution in [0.5, 0.6) is 0 Å². The molecule has 0 aliphatic carbocycles. The number of nitrogens with one attached hydrogen (secondary N) is 3. The highest BCUT2D eigenvalue weighted by Crippen LogP contribution is 2.15. The Morgan fingerprint density at radius 2 is 1.93 bits per heavy atom. The van der Waals surface area contributed by atoms with E-state index in [1.165, 1.54) is 16.0 Å². The van der Waals surface area contributed by atoms with E-state index in [2.05, 4.69) is 59.1 Å². The molecule has 7 nitrogen and oxygen atoms in total. The van der Waals surface area contributed by atoms with Gasteiger partial charge in [0.05, 0.1) is 6.54 Å². The number of urea groups is 1. The molecule has 3 N–H and O–H groups in total. The van der Waals surface area contributed by atoms with Crippen LogP contribution in [0.2, 0.25) is 0 Å². The predicted molar refractivity (Wildman–Crippen MR) is 123 cm³/mol. The number of imide groups is 1. The summed E-state index contributed by atoms with van der Waals surface area (Å²) >= 11 is 0. The Kier molecular flexibility index (Phi) is 10.9. The molecule has 0 atom stereocenters. The Morgan fingerprint density at radius 1 is 1.21 bits per heavy atom. The van der Waals surface area contributed by atoms with Gasteiger partial charge in [0.15, 0.2) is 5.96 Å². The van der Waals surface area contributed by atoms with Crippen molar-refractivity contribution in [1.29, 1.82) is 0 Å². The maximum atomic E-state index is 11.6. The minimum Gasteiger partial charge on any atom is -0.357 e. The Morgan fingerprint density at radius 3 is 2.50 bits per heavy atom. The zero-order valence-electron chi connectivity index (χ0n) is 17.0. The van der Waals surface area contributed by atoms with Crippen molar-refractivity contribution in [2.75, 3.05) is 32.7 Å². The highest BCUT2D eigenvalue weighted by atomic mass is 127. The lowest BCUT2D eigenvalue weighted by molar-refractivity contribution is -0.124. The molecule has 1 heterocycles. The molecule has 0 aromatic heterocycles. The molecule has 0 radical (unpaired) electrons. The van der Waals surface area contributed by atoms with Crippen molar-refractivity contribution in [3.05, 3.63) is 35.4 Å². The first-order chi connectivity index (χ1) is 13.0. The molecule has 0 unspecified atom stereocenters. The maximum absolute atomic E-state index is 11.6. The fourth-order valence-electron chi connectivity index (χ4n) is 2.85. The quantitative estimate of drug-likeness (QED) is 0.160. The third-order valence-electron chi connectivity index (χ3n) is 4.45. The largest absolute Gasteiger partial charge is 0.357 e. The van der Waals surface area contributed by atoms with Crippen LogP contribution in [-0.2, 0) is 11.2 Å². The molecule has 28 heavy (non-hydrogen) atoms. The molecule has 8 heteroatoms. The second-order valence-corrected chi connectivity index (χ2v) is 6.89. The molecule has 156 valence electrons. The van der Waals surface area contributed by atoms with Crippen molar-refractivity contribution in [2.45, 2.75) is 39.5 Å². The van der Waals surface area contributed by atoms with E-state index >= 15 is 0 Å². The van der Waals surface area contributed by atoms with E-state index in [9.17, 15) is 9.59 Å². The molecule has 1 aromatic carbocycles. The highest BCUT2D eigenvalue weighted by Gasteiger charge is 2.27. The second-order valence-electron chi connectivity index (χ2n) is 6.89. The highest BCUT2D eigenvalue weighted by molar-refractivity contribution is 14.0. The molecule has 1 aliphatic heterocycles. The lowest BCUT2D eigenvalue weighted by Gasteiger charge is -2.15. The van der Waals surface area contributed by atoms with E-state index in [1.807, 2.05) is 6.92 Å². The normalized spacial score (nSPS) is 14.1. The second kappa shape index (κ2) is 12.6. The number of nitrogens with zero attached hydrogens (tertiary/aromatic N) is 2. The number of hydrogen-bond acceptors (Lipinski definition) is 3. The summed E-state index contributed by atoms with van der Waals surface area (Å²) in [5, 5.41) is 8.87. The number of aliphatic imine (C=N–C) groups is 1. The first-order valence-corrected chi connectivity index (χ1v) is 9.70. The number of carbonyl (C=O) groups is 2. The number of benzene rings is 1.